The van der Waals surface area contributed by atoms with Gasteiger partial charge < -0.3 is 9.30 Å². The van der Waals surface area contributed by atoms with Gasteiger partial charge in [0.2, 0.25) is 0 Å². The number of thiazole rings is 1. The molecule has 3 aromatic rings. The Morgan fingerprint density at radius 3 is 2.65 bits per heavy atom. The Bertz CT molecular complexity index is 1030. The summed E-state index contributed by atoms with van der Waals surface area (Å²) >= 11 is 14.7. The van der Waals surface area contributed by atoms with Crippen LogP contribution in [-0.4, -0.2) is 23.7 Å². The Labute approximate surface area is 169 Å². The Morgan fingerprint density at radius 1 is 1.23 bits per heavy atom. The van der Waals surface area contributed by atoms with E-state index in [1.807, 2.05) is 11.5 Å². The first-order valence-corrected chi connectivity index (χ1v) is 10.5. The number of amides is 1. The van der Waals surface area contributed by atoms with E-state index in [1.54, 1.807) is 6.07 Å². The number of carbonyl (C=O) groups excluding carboxylic acids is 1. The second kappa shape index (κ2) is 8.23. The van der Waals surface area contributed by atoms with Crippen molar-refractivity contribution in [2.75, 3.05) is 13.2 Å². The topological polar surface area (TPSA) is 43.6 Å². The number of ether oxygens (including phenoxy) is 1. The van der Waals surface area contributed by atoms with Crippen molar-refractivity contribution >= 4 is 62.0 Å². The number of aromatic nitrogens is 1. The SMILES string of the molecule is CCOCCn1c(=NC(=O)c2cc(Cl)sc2Cl)sc2cc(C)cc(C)c21. The normalized spacial score (nSPS) is 12.3. The zero-order chi connectivity index (χ0) is 18.8. The van der Waals surface area contributed by atoms with E-state index in [4.69, 9.17) is 27.9 Å². The van der Waals surface area contributed by atoms with Crippen LogP contribution in [0.4, 0.5) is 0 Å². The first kappa shape index (κ1) is 19.6. The summed E-state index contributed by atoms with van der Waals surface area (Å²) in [4.78, 5) is 17.6. The molecule has 3 rings (SSSR count). The highest BCUT2D eigenvalue weighted by atomic mass is 35.5. The number of hydrogen-bond donors (Lipinski definition) is 0. The van der Waals surface area contributed by atoms with Gasteiger partial charge in [-0.25, -0.2) is 0 Å². The zero-order valence-corrected chi connectivity index (χ0v) is 17.8. The maximum Gasteiger partial charge on any atom is 0.282 e. The summed E-state index contributed by atoms with van der Waals surface area (Å²) in [5.41, 5.74) is 3.75. The third kappa shape index (κ3) is 4.05. The van der Waals surface area contributed by atoms with E-state index in [2.05, 4.69) is 31.0 Å². The minimum Gasteiger partial charge on any atom is -0.380 e. The first-order chi connectivity index (χ1) is 12.4. The molecule has 1 amide bonds. The lowest BCUT2D eigenvalue weighted by Gasteiger charge is -2.08. The minimum atomic E-state index is -0.385. The van der Waals surface area contributed by atoms with Gasteiger partial charge in [-0.3, -0.25) is 4.79 Å². The fourth-order valence-electron chi connectivity index (χ4n) is 2.82. The van der Waals surface area contributed by atoms with Crippen molar-refractivity contribution in [3.63, 3.8) is 0 Å². The summed E-state index contributed by atoms with van der Waals surface area (Å²) < 4.78 is 9.48. The molecule has 2 heterocycles. The second-order valence-corrected chi connectivity index (χ2v) is 9.11. The van der Waals surface area contributed by atoms with Crippen LogP contribution in [0.15, 0.2) is 23.2 Å². The molecule has 0 bridgehead atoms. The van der Waals surface area contributed by atoms with Gasteiger partial charge in [0.25, 0.3) is 5.91 Å². The fourth-order valence-corrected chi connectivity index (χ4v) is 5.50. The first-order valence-electron chi connectivity index (χ1n) is 8.13. The molecule has 0 atom stereocenters. The number of benzene rings is 1. The van der Waals surface area contributed by atoms with Gasteiger partial charge in [0.05, 0.1) is 26.7 Å². The van der Waals surface area contributed by atoms with E-state index in [0.717, 1.165) is 15.8 Å². The Hall–Kier alpha value is -1.18. The molecule has 0 N–H and O–H groups in total. The monoisotopic (exact) mass is 428 g/mol. The molecule has 0 radical (unpaired) electrons. The van der Waals surface area contributed by atoms with Crippen molar-refractivity contribution in [2.24, 2.45) is 4.99 Å². The molecule has 0 aliphatic heterocycles. The maximum atomic E-state index is 12.6. The van der Waals surface area contributed by atoms with E-state index in [0.29, 0.717) is 38.8 Å². The molecular weight excluding hydrogens is 411 g/mol. The van der Waals surface area contributed by atoms with Crippen molar-refractivity contribution in [3.8, 4) is 0 Å². The highest BCUT2D eigenvalue weighted by molar-refractivity contribution is 7.20. The number of rotatable bonds is 5. The molecule has 2 aromatic heterocycles. The predicted octanol–water partition coefficient (Wildman–Crippen LogP) is 5.47. The molecule has 4 nitrogen and oxygen atoms in total. The lowest BCUT2D eigenvalue weighted by atomic mass is 10.1. The van der Waals surface area contributed by atoms with Crippen LogP contribution < -0.4 is 4.80 Å². The molecule has 0 aliphatic carbocycles. The van der Waals surface area contributed by atoms with Gasteiger partial charge in [-0.1, -0.05) is 40.6 Å². The summed E-state index contributed by atoms with van der Waals surface area (Å²) in [6, 6.07) is 5.81. The Kier molecular flexibility index (Phi) is 6.20. The molecule has 138 valence electrons. The molecule has 0 saturated heterocycles. The quantitative estimate of drug-likeness (QED) is 0.505. The van der Waals surface area contributed by atoms with Crippen LogP contribution in [0, 0.1) is 13.8 Å². The van der Waals surface area contributed by atoms with Crippen LogP contribution in [0.25, 0.3) is 10.2 Å². The van der Waals surface area contributed by atoms with E-state index < -0.39 is 0 Å². The molecule has 0 unspecified atom stereocenters. The van der Waals surface area contributed by atoms with Crippen LogP contribution in [0.2, 0.25) is 8.67 Å². The molecule has 0 aliphatic rings. The van der Waals surface area contributed by atoms with Crippen molar-refractivity contribution in [1.29, 1.82) is 0 Å². The standard InChI is InChI=1S/C18H18Cl2N2O2S2/c1-4-24-6-5-22-15-11(3)7-10(2)8-13(15)25-18(22)21-17(23)12-9-14(19)26-16(12)20/h7-9H,4-6H2,1-3H3. The van der Waals surface area contributed by atoms with E-state index >= 15 is 0 Å². The van der Waals surface area contributed by atoms with Gasteiger partial charge in [0.1, 0.15) is 4.34 Å². The van der Waals surface area contributed by atoms with E-state index in [1.165, 1.54) is 28.2 Å². The lowest BCUT2D eigenvalue weighted by molar-refractivity contribution is 0.0997. The summed E-state index contributed by atoms with van der Waals surface area (Å²) in [5, 5.41) is 0. The highest BCUT2D eigenvalue weighted by Gasteiger charge is 2.15. The van der Waals surface area contributed by atoms with Gasteiger partial charge in [0, 0.05) is 13.2 Å². The molecule has 0 spiro atoms. The minimum absolute atomic E-state index is 0.336. The number of fused-ring (bicyclic) bond motifs is 1. The molecule has 26 heavy (non-hydrogen) atoms. The second-order valence-electron chi connectivity index (χ2n) is 5.82. The summed E-state index contributed by atoms with van der Waals surface area (Å²) in [6.45, 7) is 7.92. The number of nitrogens with zero attached hydrogens (tertiary/aromatic N) is 2. The predicted molar refractivity (Wildman–Crippen MR) is 110 cm³/mol. The van der Waals surface area contributed by atoms with Gasteiger partial charge in [-0.15, -0.1) is 11.3 Å². The number of halogens is 2. The van der Waals surface area contributed by atoms with Gasteiger partial charge in [-0.2, -0.15) is 4.99 Å². The van der Waals surface area contributed by atoms with Gasteiger partial charge >= 0.3 is 0 Å². The molecule has 0 fully saturated rings. The number of aryl methyl sites for hydroxylation is 2. The fraction of sp³-hybridized carbons (Fsp3) is 0.333. The van der Waals surface area contributed by atoms with Crippen LogP contribution >= 0.6 is 45.9 Å². The van der Waals surface area contributed by atoms with Crippen LogP contribution in [0.3, 0.4) is 0 Å². The average molecular weight is 429 g/mol. The van der Waals surface area contributed by atoms with Crippen molar-refractivity contribution in [2.45, 2.75) is 27.3 Å². The van der Waals surface area contributed by atoms with Crippen molar-refractivity contribution < 1.29 is 9.53 Å². The summed E-state index contributed by atoms with van der Waals surface area (Å²) in [7, 11) is 0. The molecule has 0 saturated carbocycles. The summed E-state index contributed by atoms with van der Waals surface area (Å²) in [6.07, 6.45) is 0. The van der Waals surface area contributed by atoms with E-state index in [-0.39, 0.29) is 5.91 Å². The highest BCUT2D eigenvalue weighted by Crippen LogP contribution is 2.31. The van der Waals surface area contributed by atoms with Gasteiger partial charge in [0.15, 0.2) is 4.80 Å². The number of carbonyl (C=O) groups is 1. The zero-order valence-electron chi connectivity index (χ0n) is 14.6. The van der Waals surface area contributed by atoms with Crippen LogP contribution in [-0.2, 0) is 11.3 Å². The summed E-state index contributed by atoms with van der Waals surface area (Å²) in [5.74, 6) is -0.385. The Balaban J connectivity index is 2.14. The van der Waals surface area contributed by atoms with Crippen LogP contribution in [0.1, 0.15) is 28.4 Å². The number of hydrogen-bond acceptors (Lipinski definition) is 4. The average Bonchev–Trinajstić information content (AvgIpc) is 3.07. The van der Waals surface area contributed by atoms with Crippen LogP contribution in [0.5, 0.6) is 0 Å². The van der Waals surface area contributed by atoms with Gasteiger partial charge in [-0.05, 0) is 44.0 Å². The lowest BCUT2D eigenvalue weighted by Crippen LogP contribution is -2.20. The third-order valence-corrected chi connectivity index (χ3v) is 6.37. The van der Waals surface area contributed by atoms with Crippen molar-refractivity contribution in [1.82, 2.24) is 4.57 Å². The maximum absolute atomic E-state index is 12.6. The van der Waals surface area contributed by atoms with E-state index in [9.17, 15) is 4.79 Å². The smallest absolute Gasteiger partial charge is 0.282 e. The third-order valence-electron chi connectivity index (χ3n) is 3.86. The van der Waals surface area contributed by atoms with Crippen molar-refractivity contribution in [3.05, 3.63) is 48.4 Å². The molecule has 1 aromatic carbocycles. The molecular formula is C18H18Cl2N2O2S2. The largest absolute Gasteiger partial charge is 0.380 e. The molecule has 8 heteroatoms. The Morgan fingerprint density at radius 2 is 2.00 bits per heavy atom. The number of thiophene rings is 1.